The van der Waals surface area contributed by atoms with E-state index >= 15 is 0 Å². The summed E-state index contributed by atoms with van der Waals surface area (Å²) in [6.45, 7) is 0. The predicted molar refractivity (Wildman–Crippen MR) is 24.3 cm³/mol. The summed E-state index contributed by atoms with van der Waals surface area (Å²) in [4.78, 5) is -4.62. The number of halogens is 7. The third kappa shape index (κ3) is 2.76. The van der Waals surface area contributed by atoms with Crippen molar-refractivity contribution >= 4 is 15.9 Å². The minimum atomic E-state index is -5.60. The van der Waals surface area contributed by atoms with Gasteiger partial charge in [0.2, 0.25) is 0 Å². The SMILES string of the molecule is F[C](C(F)(F)F)C(F)(F)Br. The summed E-state index contributed by atoms with van der Waals surface area (Å²) in [5.74, 6) is 0. The van der Waals surface area contributed by atoms with Crippen molar-refractivity contribution in [2.24, 2.45) is 0 Å². The van der Waals surface area contributed by atoms with E-state index in [2.05, 4.69) is 0 Å². The lowest BCUT2D eigenvalue weighted by Crippen LogP contribution is -2.29. The van der Waals surface area contributed by atoms with Gasteiger partial charge in [0.05, 0.1) is 0 Å². The van der Waals surface area contributed by atoms with E-state index in [1.54, 1.807) is 0 Å². The second kappa shape index (κ2) is 2.60. The molecule has 61 valence electrons. The van der Waals surface area contributed by atoms with E-state index in [0.29, 0.717) is 0 Å². The maximum Gasteiger partial charge on any atom is 0.433 e. The van der Waals surface area contributed by atoms with Crippen LogP contribution in [0.2, 0.25) is 0 Å². The van der Waals surface area contributed by atoms with Gasteiger partial charge in [0.25, 0.3) is 0 Å². The molecule has 0 aliphatic rings. The van der Waals surface area contributed by atoms with Crippen LogP contribution in [-0.2, 0) is 0 Å². The monoisotopic (exact) mass is 229 g/mol. The van der Waals surface area contributed by atoms with Crippen LogP contribution in [0, 0.1) is 6.17 Å². The smallest absolute Gasteiger partial charge is 0.221 e. The van der Waals surface area contributed by atoms with Crippen molar-refractivity contribution in [1.82, 2.24) is 0 Å². The zero-order valence-electron chi connectivity index (χ0n) is 4.15. The lowest BCUT2D eigenvalue weighted by molar-refractivity contribution is -0.168. The normalized spacial score (nSPS) is 14.4. The van der Waals surface area contributed by atoms with E-state index in [4.69, 9.17) is 0 Å². The molecule has 0 rings (SSSR count). The number of alkyl halides is 6. The molecule has 0 aromatic rings. The van der Waals surface area contributed by atoms with Crippen molar-refractivity contribution in [2.75, 3.05) is 0 Å². The molecule has 0 bridgehead atoms. The van der Waals surface area contributed by atoms with Crippen molar-refractivity contribution in [3.63, 3.8) is 0 Å². The quantitative estimate of drug-likeness (QED) is 0.479. The molecule has 0 nitrogen and oxygen atoms in total. The molecule has 0 aromatic heterocycles. The molecular formula is C3BrF6. The summed E-state index contributed by atoms with van der Waals surface area (Å²) in [7, 11) is 0. The molecule has 0 heterocycles. The Hall–Kier alpha value is 0.0600. The van der Waals surface area contributed by atoms with Crippen molar-refractivity contribution in [1.29, 1.82) is 0 Å². The molecule has 0 aliphatic carbocycles. The molecule has 0 saturated heterocycles. The van der Waals surface area contributed by atoms with Gasteiger partial charge in [-0.15, -0.1) is 0 Å². The molecule has 0 aliphatic heterocycles. The highest BCUT2D eigenvalue weighted by molar-refractivity contribution is 9.10. The van der Waals surface area contributed by atoms with Crippen molar-refractivity contribution < 1.29 is 26.3 Å². The van der Waals surface area contributed by atoms with Gasteiger partial charge in [0, 0.05) is 0 Å². The Kier molecular flexibility index (Phi) is 2.61. The molecule has 0 amide bonds. The van der Waals surface area contributed by atoms with Gasteiger partial charge in [-0.1, -0.05) is 0 Å². The standard InChI is InChI=1S/C3BrF6/c4-2(6,7)1(5)3(8,9)10. The Morgan fingerprint density at radius 1 is 1.00 bits per heavy atom. The topological polar surface area (TPSA) is 0 Å². The van der Waals surface area contributed by atoms with Gasteiger partial charge in [0.1, 0.15) is 0 Å². The number of hydrogen-bond acceptors (Lipinski definition) is 0. The van der Waals surface area contributed by atoms with Crippen LogP contribution in [0.5, 0.6) is 0 Å². The van der Waals surface area contributed by atoms with Crippen molar-refractivity contribution in [2.45, 2.75) is 11.0 Å². The van der Waals surface area contributed by atoms with E-state index in [-0.39, 0.29) is 0 Å². The Morgan fingerprint density at radius 2 is 1.30 bits per heavy atom. The zero-order chi connectivity index (χ0) is 8.58. The summed E-state index contributed by atoms with van der Waals surface area (Å²) in [6.07, 6.45) is -8.95. The van der Waals surface area contributed by atoms with Crippen LogP contribution in [0.1, 0.15) is 0 Å². The van der Waals surface area contributed by atoms with Gasteiger partial charge < -0.3 is 0 Å². The first-order valence-electron chi connectivity index (χ1n) is 1.82. The van der Waals surface area contributed by atoms with Crippen molar-refractivity contribution in [3.8, 4) is 0 Å². The summed E-state index contributed by atoms with van der Waals surface area (Å²) < 4.78 is 67.3. The van der Waals surface area contributed by atoms with Gasteiger partial charge in [-0.2, -0.15) is 22.0 Å². The summed E-state index contributed by atoms with van der Waals surface area (Å²) in [6, 6.07) is 0. The fourth-order valence-corrected chi connectivity index (χ4v) is 0.386. The fourth-order valence-electron chi connectivity index (χ4n) is 0.161. The third-order valence-electron chi connectivity index (χ3n) is 0.498. The maximum absolute atomic E-state index is 11.4. The van der Waals surface area contributed by atoms with E-state index in [1.807, 2.05) is 0 Å². The second-order valence-electron chi connectivity index (χ2n) is 1.31. The van der Waals surface area contributed by atoms with Gasteiger partial charge >= 0.3 is 17.2 Å². The molecule has 0 aromatic carbocycles. The number of hydrogen-bond donors (Lipinski definition) is 0. The van der Waals surface area contributed by atoms with Gasteiger partial charge in [-0.05, 0) is 15.9 Å². The molecule has 0 saturated carbocycles. The van der Waals surface area contributed by atoms with E-state index < -0.39 is 17.2 Å². The molecule has 10 heavy (non-hydrogen) atoms. The van der Waals surface area contributed by atoms with Crippen LogP contribution in [0.25, 0.3) is 0 Å². The Morgan fingerprint density at radius 3 is 1.30 bits per heavy atom. The lowest BCUT2D eigenvalue weighted by atomic mass is 10.4. The van der Waals surface area contributed by atoms with E-state index in [9.17, 15) is 26.3 Å². The predicted octanol–water partition coefficient (Wildman–Crippen LogP) is 3.04. The summed E-state index contributed by atoms with van der Waals surface area (Å²) >= 11 is 1.21. The highest BCUT2D eigenvalue weighted by atomic mass is 79.9. The van der Waals surface area contributed by atoms with Crippen LogP contribution in [0.3, 0.4) is 0 Å². The molecular weight excluding hydrogens is 230 g/mol. The largest absolute Gasteiger partial charge is 0.433 e. The maximum atomic E-state index is 11.4. The minimum Gasteiger partial charge on any atom is -0.221 e. The fraction of sp³-hybridized carbons (Fsp3) is 0.667. The van der Waals surface area contributed by atoms with E-state index in [1.165, 1.54) is 15.9 Å². The van der Waals surface area contributed by atoms with Gasteiger partial charge in [-0.3, -0.25) is 0 Å². The molecule has 0 fully saturated rings. The van der Waals surface area contributed by atoms with Crippen LogP contribution in [-0.4, -0.2) is 11.0 Å². The Balaban J connectivity index is 4.23. The first-order chi connectivity index (χ1) is 4.15. The van der Waals surface area contributed by atoms with Crippen LogP contribution in [0.4, 0.5) is 26.3 Å². The van der Waals surface area contributed by atoms with Crippen LogP contribution < -0.4 is 0 Å². The van der Waals surface area contributed by atoms with Crippen molar-refractivity contribution in [3.05, 3.63) is 6.17 Å². The number of rotatable bonds is 1. The third-order valence-corrected chi connectivity index (χ3v) is 0.846. The average Bonchev–Trinajstić information content (AvgIpc) is 1.59. The summed E-state index contributed by atoms with van der Waals surface area (Å²) in [5, 5.41) is 0. The molecule has 0 unspecified atom stereocenters. The first kappa shape index (κ1) is 10.1. The van der Waals surface area contributed by atoms with Gasteiger partial charge in [0.15, 0.2) is 0 Å². The molecule has 0 N–H and O–H groups in total. The van der Waals surface area contributed by atoms with E-state index in [0.717, 1.165) is 0 Å². The lowest BCUT2D eigenvalue weighted by Gasteiger charge is -2.14. The molecule has 0 spiro atoms. The zero-order valence-corrected chi connectivity index (χ0v) is 5.73. The van der Waals surface area contributed by atoms with Gasteiger partial charge in [-0.25, -0.2) is 4.39 Å². The Labute approximate surface area is 60.3 Å². The highest BCUT2D eigenvalue weighted by Gasteiger charge is 2.57. The minimum absolute atomic E-state index is 1.21. The summed E-state index contributed by atoms with van der Waals surface area (Å²) in [5.41, 5.74) is 0. The first-order valence-corrected chi connectivity index (χ1v) is 2.62. The molecule has 1 radical (unpaired) electrons. The van der Waals surface area contributed by atoms with Crippen LogP contribution >= 0.6 is 15.9 Å². The average molecular weight is 230 g/mol. The second-order valence-corrected chi connectivity index (χ2v) is 2.31. The molecule has 7 heteroatoms. The Bertz CT molecular complexity index is 97.1. The highest BCUT2D eigenvalue weighted by Crippen LogP contribution is 2.44. The molecule has 0 atom stereocenters. The van der Waals surface area contributed by atoms with Crippen LogP contribution in [0.15, 0.2) is 0 Å².